The van der Waals surface area contributed by atoms with Crippen molar-refractivity contribution in [3.8, 4) is 0 Å². The number of carbonyl (C=O) groups is 2. The van der Waals surface area contributed by atoms with E-state index < -0.39 is 43.7 Å². The maximum absolute atomic E-state index is 13.8. The number of alkyl halides is 3. The van der Waals surface area contributed by atoms with Crippen molar-refractivity contribution in [2.45, 2.75) is 84.2 Å². The molecule has 0 saturated carbocycles. The van der Waals surface area contributed by atoms with E-state index in [0.29, 0.717) is 6.42 Å². The topological polar surface area (TPSA) is 61.8 Å². The van der Waals surface area contributed by atoms with Gasteiger partial charge >= 0.3 is 23.7 Å². The Morgan fingerprint density at radius 2 is 1.50 bits per heavy atom. The summed E-state index contributed by atoms with van der Waals surface area (Å²) in [6.45, 7) is 11.6. The molecule has 0 aliphatic rings. The number of rotatable bonds is 6. The van der Waals surface area contributed by atoms with E-state index in [0.717, 1.165) is 0 Å². The molecule has 0 aliphatic heterocycles. The van der Waals surface area contributed by atoms with Crippen LogP contribution in [0.3, 0.4) is 0 Å². The summed E-state index contributed by atoms with van der Waals surface area (Å²) < 4.78 is 56.2. The first-order valence-electron chi connectivity index (χ1n) is 7.67. The van der Waals surface area contributed by atoms with Gasteiger partial charge < -0.3 is 13.9 Å². The van der Waals surface area contributed by atoms with Gasteiger partial charge in [-0.2, -0.15) is 13.2 Å². The van der Waals surface area contributed by atoms with E-state index in [9.17, 15) is 22.8 Å². The van der Waals surface area contributed by atoms with Gasteiger partial charge in [0.15, 0.2) is 8.32 Å². The Morgan fingerprint density at radius 3 is 1.79 bits per heavy atom. The molecular weight excluding hydrogens is 345 g/mol. The Kier molecular flexibility index (Phi) is 7.09. The van der Waals surface area contributed by atoms with Gasteiger partial charge in [0.05, 0.1) is 6.10 Å². The summed E-state index contributed by atoms with van der Waals surface area (Å²) in [6.07, 6.45) is -5.83. The van der Waals surface area contributed by atoms with Crippen LogP contribution in [-0.4, -0.2) is 43.7 Å². The van der Waals surface area contributed by atoms with Crippen molar-refractivity contribution >= 4 is 20.3 Å². The zero-order valence-corrected chi connectivity index (χ0v) is 16.5. The van der Waals surface area contributed by atoms with Gasteiger partial charge in [-0.05, 0) is 53.8 Å². The monoisotopic (exact) mass is 372 g/mol. The molecule has 0 aliphatic carbocycles. The fourth-order valence-electron chi connectivity index (χ4n) is 1.61. The molecule has 0 fully saturated rings. The molecular formula is C15H27F3O5Si. The summed E-state index contributed by atoms with van der Waals surface area (Å²) in [4.78, 5) is 24.7. The first kappa shape index (κ1) is 22.9. The van der Waals surface area contributed by atoms with Crippen LogP contribution in [0.1, 0.15) is 41.0 Å². The second-order valence-electron chi connectivity index (χ2n) is 7.52. The molecule has 0 rings (SSSR count). The van der Waals surface area contributed by atoms with Gasteiger partial charge in [0.1, 0.15) is 5.60 Å². The predicted molar refractivity (Wildman–Crippen MR) is 84.9 cm³/mol. The second kappa shape index (κ2) is 7.43. The quantitative estimate of drug-likeness (QED) is 0.403. The molecule has 0 bridgehead atoms. The highest BCUT2D eigenvalue weighted by atomic mass is 28.4. The Bertz CT molecular complexity index is 465. The summed E-state index contributed by atoms with van der Waals surface area (Å²) in [5.41, 5.74) is -5.01. The number of hydrogen-bond donors (Lipinski definition) is 0. The largest absolute Gasteiger partial charge is 0.460 e. The van der Waals surface area contributed by atoms with Crippen LogP contribution < -0.4 is 0 Å². The summed E-state index contributed by atoms with van der Waals surface area (Å²) in [5.74, 6) is -3.60. The van der Waals surface area contributed by atoms with Gasteiger partial charge in [0.25, 0.3) is 0 Å². The van der Waals surface area contributed by atoms with Gasteiger partial charge in [-0.15, -0.1) is 0 Å². The van der Waals surface area contributed by atoms with Gasteiger partial charge in [-0.1, -0.05) is 6.92 Å². The molecule has 142 valence electrons. The number of hydrogen-bond acceptors (Lipinski definition) is 5. The molecule has 0 aromatic heterocycles. The Balaban J connectivity index is 6.17. The van der Waals surface area contributed by atoms with Crippen LogP contribution in [0.2, 0.25) is 19.6 Å². The van der Waals surface area contributed by atoms with Gasteiger partial charge in [0.2, 0.25) is 0 Å². The van der Waals surface area contributed by atoms with Crippen LogP contribution in [0.4, 0.5) is 13.2 Å². The van der Waals surface area contributed by atoms with E-state index in [2.05, 4.69) is 0 Å². The molecule has 9 heteroatoms. The average molecular weight is 372 g/mol. The highest BCUT2D eigenvalue weighted by Gasteiger charge is 2.71. The first-order valence-corrected chi connectivity index (χ1v) is 11.1. The third kappa shape index (κ3) is 6.08. The molecule has 0 aromatic rings. The first-order chi connectivity index (χ1) is 10.5. The zero-order valence-electron chi connectivity index (χ0n) is 15.5. The van der Waals surface area contributed by atoms with E-state index in [4.69, 9.17) is 13.9 Å². The highest BCUT2D eigenvalue weighted by Crippen LogP contribution is 2.39. The molecule has 5 nitrogen and oxygen atoms in total. The fraction of sp³-hybridized carbons (Fsp3) is 0.867. The lowest BCUT2D eigenvalue weighted by atomic mass is 10.0. The highest BCUT2D eigenvalue weighted by molar-refractivity contribution is 6.70. The van der Waals surface area contributed by atoms with Crippen molar-refractivity contribution in [3.05, 3.63) is 0 Å². The second-order valence-corrected chi connectivity index (χ2v) is 11.9. The van der Waals surface area contributed by atoms with Crippen LogP contribution in [-0.2, 0) is 23.5 Å². The van der Waals surface area contributed by atoms with E-state index in [-0.39, 0.29) is 0 Å². The standard InChI is InChI=1S/C15H27F3O5Si/c1-9-10(2)21-11(19)14(15(16,17)18,23-24(6,7)8)12(20)22-13(3,4)5/h10H,9H2,1-8H3. The lowest BCUT2D eigenvalue weighted by Crippen LogP contribution is -2.65. The van der Waals surface area contributed by atoms with E-state index in [1.54, 1.807) is 6.92 Å². The van der Waals surface area contributed by atoms with Crippen molar-refractivity contribution in [1.29, 1.82) is 0 Å². The van der Waals surface area contributed by atoms with Crippen molar-refractivity contribution in [2.75, 3.05) is 0 Å². The minimum absolute atomic E-state index is 0.293. The number of esters is 2. The summed E-state index contributed by atoms with van der Waals surface area (Å²) >= 11 is 0. The summed E-state index contributed by atoms with van der Waals surface area (Å²) in [5, 5.41) is 0. The smallest absolute Gasteiger partial charge is 0.438 e. The number of halogens is 3. The third-order valence-electron chi connectivity index (χ3n) is 2.72. The van der Waals surface area contributed by atoms with Gasteiger partial charge in [-0.3, -0.25) is 0 Å². The fourth-order valence-corrected chi connectivity index (χ4v) is 2.82. The van der Waals surface area contributed by atoms with E-state index in [1.165, 1.54) is 47.3 Å². The molecule has 0 aromatic carbocycles. The minimum Gasteiger partial charge on any atom is -0.460 e. The zero-order chi connectivity index (χ0) is 19.6. The molecule has 0 amide bonds. The molecule has 0 saturated heterocycles. The maximum atomic E-state index is 13.8. The van der Waals surface area contributed by atoms with Gasteiger partial charge in [0, 0.05) is 0 Å². The molecule has 0 N–H and O–H groups in total. The normalized spacial score (nSPS) is 17.0. The Morgan fingerprint density at radius 1 is 1.04 bits per heavy atom. The summed E-state index contributed by atoms with van der Waals surface area (Å²) in [6, 6.07) is 0. The lowest BCUT2D eigenvalue weighted by Gasteiger charge is -2.38. The Hall–Kier alpha value is -1.09. The van der Waals surface area contributed by atoms with Crippen LogP contribution in [0, 0.1) is 0 Å². The third-order valence-corrected chi connectivity index (χ3v) is 3.63. The van der Waals surface area contributed by atoms with Crippen molar-refractivity contribution in [3.63, 3.8) is 0 Å². The average Bonchev–Trinajstić information content (AvgIpc) is 2.30. The predicted octanol–water partition coefficient (Wildman–Crippen LogP) is 3.82. The molecule has 0 heterocycles. The van der Waals surface area contributed by atoms with Crippen LogP contribution in [0.15, 0.2) is 0 Å². The molecule has 0 spiro atoms. The van der Waals surface area contributed by atoms with Gasteiger partial charge in [-0.25, -0.2) is 9.59 Å². The van der Waals surface area contributed by atoms with E-state index in [1.807, 2.05) is 0 Å². The number of ether oxygens (including phenoxy) is 2. The minimum atomic E-state index is -5.32. The summed E-state index contributed by atoms with van der Waals surface area (Å²) in [7, 11) is -2.99. The maximum Gasteiger partial charge on any atom is 0.438 e. The van der Waals surface area contributed by atoms with Crippen LogP contribution in [0.25, 0.3) is 0 Å². The van der Waals surface area contributed by atoms with Crippen LogP contribution in [0.5, 0.6) is 0 Å². The molecule has 2 unspecified atom stereocenters. The van der Waals surface area contributed by atoms with Crippen molar-refractivity contribution < 1.29 is 36.7 Å². The SMILES string of the molecule is CCC(C)OC(=O)C(O[Si](C)(C)C)(C(=O)OC(C)(C)C)C(F)(F)F. The number of carbonyl (C=O) groups excluding carboxylic acids is 2. The van der Waals surface area contributed by atoms with E-state index >= 15 is 0 Å². The van der Waals surface area contributed by atoms with Crippen molar-refractivity contribution in [1.82, 2.24) is 0 Å². The molecule has 2 atom stereocenters. The molecule has 24 heavy (non-hydrogen) atoms. The van der Waals surface area contributed by atoms with Crippen LogP contribution >= 0.6 is 0 Å². The van der Waals surface area contributed by atoms with Crippen molar-refractivity contribution in [2.24, 2.45) is 0 Å². The molecule has 0 radical (unpaired) electrons. The lowest BCUT2D eigenvalue weighted by molar-refractivity contribution is -0.263. The Labute approximate surface area is 142 Å².